The van der Waals surface area contributed by atoms with Crippen molar-refractivity contribution >= 4 is 18.4 Å². The maximum absolute atomic E-state index is 11.1. The minimum Gasteiger partial charge on any atom is -0.481 e. The second-order valence-corrected chi connectivity index (χ2v) is 4.01. The fourth-order valence-electron chi connectivity index (χ4n) is 2.78. The standard InChI is InChI=1S/C9H15NO2.ClH/c1-2-9(8(11)12)5-6-3-4-7(9)10-6;/h6-7,10H,2-5H2,1H3,(H,11,12);1H/t6-,7+,9+;/m1./s1. The topological polar surface area (TPSA) is 49.3 Å². The molecule has 0 aromatic heterocycles. The van der Waals surface area contributed by atoms with Crippen molar-refractivity contribution < 1.29 is 9.90 Å². The van der Waals surface area contributed by atoms with E-state index in [0.29, 0.717) is 6.04 Å². The number of aliphatic carboxylic acids is 1. The van der Waals surface area contributed by atoms with Crippen molar-refractivity contribution in [3.63, 3.8) is 0 Å². The molecule has 2 rings (SSSR count). The molecule has 2 N–H and O–H groups in total. The normalized spacial score (nSPS) is 41.6. The van der Waals surface area contributed by atoms with Gasteiger partial charge in [-0.25, -0.2) is 0 Å². The van der Waals surface area contributed by atoms with Crippen LogP contribution in [0.25, 0.3) is 0 Å². The number of carboxylic acids is 1. The Bertz CT molecular complexity index is 222. The fourth-order valence-corrected chi connectivity index (χ4v) is 2.78. The number of carbonyl (C=O) groups is 1. The Labute approximate surface area is 84.3 Å². The third-order valence-corrected chi connectivity index (χ3v) is 3.58. The molecule has 0 spiro atoms. The van der Waals surface area contributed by atoms with Gasteiger partial charge in [-0.2, -0.15) is 0 Å². The molecule has 2 heterocycles. The van der Waals surface area contributed by atoms with Gasteiger partial charge in [0.2, 0.25) is 0 Å². The second-order valence-electron chi connectivity index (χ2n) is 4.01. The van der Waals surface area contributed by atoms with Crippen molar-refractivity contribution in [3.8, 4) is 0 Å². The molecule has 0 aromatic rings. The van der Waals surface area contributed by atoms with E-state index in [4.69, 9.17) is 5.11 Å². The van der Waals surface area contributed by atoms with Gasteiger partial charge in [-0.3, -0.25) is 4.79 Å². The summed E-state index contributed by atoms with van der Waals surface area (Å²) < 4.78 is 0. The van der Waals surface area contributed by atoms with E-state index >= 15 is 0 Å². The first-order valence-corrected chi connectivity index (χ1v) is 4.68. The molecule has 3 atom stereocenters. The van der Waals surface area contributed by atoms with Crippen molar-refractivity contribution in [1.29, 1.82) is 0 Å². The molecule has 0 unspecified atom stereocenters. The van der Waals surface area contributed by atoms with E-state index in [9.17, 15) is 4.79 Å². The second kappa shape index (κ2) is 3.46. The van der Waals surface area contributed by atoms with Crippen molar-refractivity contribution in [2.75, 3.05) is 0 Å². The van der Waals surface area contributed by atoms with E-state index in [2.05, 4.69) is 5.32 Å². The van der Waals surface area contributed by atoms with Crippen LogP contribution in [0.15, 0.2) is 0 Å². The van der Waals surface area contributed by atoms with Crippen LogP contribution in [-0.4, -0.2) is 23.2 Å². The van der Waals surface area contributed by atoms with E-state index in [1.165, 1.54) is 6.42 Å². The van der Waals surface area contributed by atoms with Crippen molar-refractivity contribution in [1.82, 2.24) is 5.32 Å². The summed E-state index contributed by atoms with van der Waals surface area (Å²) in [6.45, 7) is 1.98. The Morgan fingerprint density at radius 2 is 2.31 bits per heavy atom. The first-order valence-electron chi connectivity index (χ1n) is 4.68. The number of hydrogen-bond donors (Lipinski definition) is 2. The highest BCUT2D eigenvalue weighted by atomic mass is 35.5. The van der Waals surface area contributed by atoms with E-state index < -0.39 is 11.4 Å². The van der Waals surface area contributed by atoms with Crippen LogP contribution in [0.4, 0.5) is 0 Å². The van der Waals surface area contributed by atoms with Gasteiger partial charge in [0.05, 0.1) is 5.41 Å². The molecule has 2 bridgehead atoms. The zero-order chi connectivity index (χ0) is 8.77. The summed E-state index contributed by atoms with van der Waals surface area (Å²) in [6.07, 6.45) is 3.81. The first-order chi connectivity index (χ1) is 5.69. The molecule has 4 heteroatoms. The quantitative estimate of drug-likeness (QED) is 0.717. The van der Waals surface area contributed by atoms with Gasteiger partial charge >= 0.3 is 5.97 Å². The highest BCUT2D eigenvalue weighted by Gasteiger charge is 2.54. The van der Waals surface area contributed by atoms with Gasteiger partial charge in [0.1, 0.15) is 0 Å². The van der Waals surface area contributed by atoms with Crippen LogP contribution in [0.5, 0.6) is 0 Å². The van der Waals surface area contributed by atoms with Crippen molar-refractivity contribution in [3.05, 3.63) is 0 Å². The van der Waals surface area contributed by atoms with Gasteiger partial charge < -0.3 is 10.4 Å². The van der Waals surface area contributed by atoms with E-state index in [1.807, 2.05) is 6.92 Å². The maximum Gasteiger partial charge on any atom is 0.311 e. The summed E-state index contributed by atoms with van der Waals surface area (Å²) in [5.74, 6) is -0.607. The molecule has 76 valence electrons. The van der Waals surface area contributed by atoms with Crippen molar-refractivity contribution in [2.24, 2.45) is 5.41 Å². The predicted octanol–water partition coefficient (Wildman–Crippen LogP) is 1.41. The molecule has 13 heavy (non-hydrogen) atoms. The predicted molar refractivity (Wildman–Crippen MR) is 52.2 cm³/mol. The lowest BCUT2D eigenvalue weighted by Gasteiger charge is -2.30. The molecule has 0 amide bonds. The molecule has 3 nitrogen and oxygen atoms in total. The number of nitrogens with one attached hydrogen (secondary N) is 1. The number of fused-ring (bicyclic) bond motifs is 2. The molecule has 2 aliphatic heterocycles. The molecular weight excluding hydrogens is 190 g/mol. The average Bonchev–Trinajstić information content (AvgIpc) is 2.62. The summed E-state index contributed by atoms with van der Waals surface area (Å²) in [4.78, 5) is 11.1. The highest BCUT2D eigenvalue weighted by molar-refractivity contribution is 5.85. The third kappa shape index (κ3) is 1.34. The van der Waals surface area contributed by atoms with Crippen LogP contribution < -0.4 is 5.32 Å². The van der Waals surface area contributed by atoms with Crippen LogP contribution >= 0.6 is 12.4 Å². The zero-order valence-corrected chi connectivity index (χ0v) is 8.56. The summed E-state index contributed by atoms with van der Waals surface area (Å²) in [7, 11) is 0. The summed E-state index contributed by atoms with van der Waals surface area (Å²) in [6, 6.07) is 0.719. The maximum atomic E-state index is 11.1. The van der Waals surface area contributed by atoms with Gasteiger partial charge in [-0.05, 0) is 25.7 Å². The van der Waals surface area contributed by atoms with Gasteiger partial charge in [-0.15, -0.1) is 12.4 Å². The Hall–Kier alpha value is -0.280. The Kier molecular flexibility index (Phi) is 2.88. The third-order valence-electron chi connectivity index (χ3n) is 3.58. The molecular formula is C9H16ClNO2. The van der Waals surface area contributed by atoms with Crippen LogP contribution in [0.3, 0.4) is 0 Å². The summed E-state index contributed by atoms with van der Waals surface area (Å²) in [5.41, 5.74) is -0.442. The number of rotatable bonds is 2. The van der Waals surface area contributed by atoms with Gasteiger partial charge in [0.15, 0.2) is 0 Å². The summed E-state index contributed by atoms with van der Waals surface area (Å²) >= 11 is 0. The highest BCUT2D eigenvalue weighted by Crippen LogP contribution is 2.45. The van der Waals surface area contributed by atoms with Crippen LogP contribution in [-0.2, 0) is 4.79 Å². The van der Waals surface area contributed by atoms with Crippen LogP contribution in [0.2, 0.25) is 0 Å². The molecule has 0 aliphatic carbocycles. The Morgan fingerprint density at radius 3 is 2.54 bits per heavy atom. The van der Waals surface area contributed by atoms with Crippen molar-refractivity contribution in [2.45, 2.75) is 44.7 Å². The van der Waals surface area contributed by atoms with Gasteiger partial charge in [0.25, 0.3) is 0 Å². The Balaban J connectivity index is 0.000000845. The fraction of sp³-hybridized carbons (Fsp3) is 0.889. The minimum atomic E-state index is -0.607. The monoisotopic (exact) mass is 205 g/mol. The van der Waals surface area contributed by atoms with E-state index in [1.54, 1.807) is 0 Å². The molecule has 0 aromatic carbocycles. The van der Waals surface area contributed by atoms with E-state index in [0.717, 1.165) is 19.3 Å². The number of halogens is 1. The largest absolute Gasteiger partial charge is 0.481 e. The minimum absolute atomic E-state index is 0. The Morgan fingerprint density at radius 1 is 1.62 bits per heavy atom. The SMILES string of the molecule is CC[C@]1(C(=O)O)C[C@H]2CC[C@@H]1N2.Cl. The molecule has 2 aliphatic rings. The summed E-state index contributed by atoms with van der Waals surface area (Å²) in [5, 5.41) is 12.5. The lowest BCUT2D eigenvalue weighted by molar-refractivity contribution is -0.150. The smallest absolute Gasteiger partial charge is 0.311 e. The molecule has 2 saturated heterocycles. The van der Waals surface area contributed by atoms with Crippen LogP contribution in [0, 0.1) is 5.41 Å². The molecule has 0 radical (unpaired) electrons. The number of carboxylic acid groups (broad SMARTS) is 1. The average molecular weight is 206 g/mol. The lowest BCUT2D eigenvalue weighted by atomic mass is 9.72. The zero-order valence-electron chi connectivity index (χ0n) is 7.75. The first kappa shape index (κ1) is 10.8. The van der Waals surface area contributed by atoms with Gasteiger partial charge in [-0.1, -0.05) is 6.92 Å². The van der Waals surface area contributed by atoms with Crippen LogP contribution in [0.1, 0.15) is 32.6 Å². The molecule has 0 saturated carbocycles. The lowest BCUT2D eigenvalue weighted by Crippen LogP contribution is -2.41. The molecule has 2 fully saturated rings. The number of hydrogen-bond acceptors (Lipinski definition) is 2. The van der Waals surface area contributed by atoms with E-state index in [-0.39, 0.29) is 18.4 Å². The van der Waals surface area contributed by atoms with Gasteiger partial charge in [0, 0.05) is 12.1 Å².